The molecule has 1 unspecified atom stereocenters. The summed E-state index contributed by atoms with van der Waals surface area (Å²) in [6.45, 7) is 3.77. The molecule has 2 aromatic heterocycles. The summed E-state index contributed by atoms with van der Waals surface area (Å²) < 4.78 is 5.56. The highest BCUT2D eigenvalue weighted by atomic mass is 32.2. The molecule has 6 heteroatoms. The van der Waals surface area contributed by atoms with Crippen molar-refractivity contribution in [2.24, 2.45) is 0 Å². The van der Waals surface area contributed by atoms with Crippen molar-refractivity contribution >= 4 is 28.5 Å². The van der Waals surface area contributed by atoms with Crippen LogP contribution in [0.1, 0.15) is 37.3 Å². The second-order valence-electron chi connectivity index (χ2n) is 6.27. The average Bonchev–Trinajstić information content (AvgIpc) is 3.16. The first-order valence-corrected chi connectivity index (χ1v) is 9.62. The van der Waals surface area contributed by atoms with E-state index in [9.17, 15) is 0 Å². The fourth-order valence-corrected chi connectivity index (χ4v) is 3.77. The first-order chi connectivity index (χ1) is 11.3. The van der Waals surface area contributed by atoms with Gasteiger partial charge in [0, 0.05) is 42.9 Å². The molecule has 2 saturated heterocycles. The Morgan fingerprint density at radius 1 is 1.22 bits per heavy atom. The molecule has 0 saturated carbocycles. The van der Waals surface area contributed by atoms with Gasteiger partial charge in [0.25, 0.3) is 0 Å². The summed E-state index contributed by atoms with van der Waals surface area (Å²) in [5.74, 6) is 1.45. The molecule has 2 aliphatic rings. The largest absolute Gasteiger partial charge is 0.381 e. The van der Waals surface area contributed by atoms with Crippen LogP contribution in [0.4, 0.5) is 5.82 Å². The average molecular weight is 330 g/mol. The molecule has 4 heterocycles. The fourth-order valence-electron chi connectivity index (χ4n) is 3.43. The van der Waals surface area contributed by atoms with Crippen molar-refractivity contribution in [1.82, 2.24) is 15.0 Å². The Bertz CT molecular complexity index is 696. The summed E-state index contributed by atoms with van der Waals surface area (Å²) in [4.78, 5) is 16.6. The van der Waals surface area contributed by atoms with E-state index >= 15 is 0 Å². The Balaban J connectivity index is 1.83. The maximum Gasteiger partial charge on any atom is 0.187 e. The van der Waals surface area contributed by atoms with Crippen molar-refractivity contribution in [3.8, 4) is 0 Å². The Hall–Kier alpha value is -1.40. The van der Waals surface area contributed by atoms with E-state index < -0.39 is 0 Å². The van der Waals surface area contributed by atoms with Gasteiger partial charge in [-0.3, -0.25) is 0 Å². The van der Waals surface area contributed by atoms with Crippen LogP contribution in [0.3, 0.4) is 0 Å². The molecule has 4 rings (SSSR count). The first-order valence-electron chi connectivity index (χ1n) is 8.39. The van der Waals surface area contributed by atoms with Gasteiger partial charge in [-0.25, -0.2) is 15.0 Å². The zero-order chi connectivity index (χ0) is 15.6. The number of hydrogen-bond acceptors (Lipinski definition) is 6. The molecule has 0 aliphatic carbocycles. The maximum absolute atomic E-state index is 5.56. The molecular weight excluding hydrogens is 308 g/mol. The van der Waals surface area contributed by atoms with E-state index in [4.69, 9.17) is 14.7 Å². The minimum Gasteiger partial charge on any atom is -0.381 e. The predicted molar refractivity (Wildman–Crippen MR) is 93.4 cm³/mol. The van der Waals surface area contributed by atoms with Gasteiger partial charge in [0.1, 0.15) is 5.52 Å². The normalized spacial score (nSPS) is 22.0. The van der Waals surface area contributed by atoms with E-state index in [2.05, 4.69) is 16.0 Å². The quantitative estimate of drug-likeness (QED) is 0.636. The van der Waals surface area contributed by atoms with Crippen molar-refractivity contribution in [1.29, 1.82) is 0 Å². The number of anilines is 1. The number of thioether (sulfide) groups is 1. The number of ether oxygens (including phenoxy) is 1. The molecule has 0 aromatic carbocycles. The van der Waals surface area contributed by atoms with Crippen molar-refractivity contribution in [2.75, 3.05) is 37.5 Å². The van der Waals surface area contributed by atoms with Crippen molar-refractivity contribution in [3.05, 3.63) is 18.0 Å². The summed E-state index contributed by atoms with van der Waals surface area (Å²) in [5.41, 5.74) is 2.13. The molecule has 5 nitrogen and oxygen atoms in total. The smallest absolute Gasteiger partial charge is 0.187 e. The van der Waals surface area contributed by atoms with Gasteiger partial charge >= 0.3 is 0 Å². The van der Waals surface area contributed by atoms with Crippen LogP contribution in [0.15, 0.2) is 17.4 Å². The molecule has 2 aromatic rings. The van der Waals surface area contributed by atoms with Crippen LogP contribution in [-0.4, -0.2) is 47.5 Å². The minimum absolute atomic E-state index is 0.406. The van der Waals surface area contributed by atoms with Gasteiger partial charge in [-0.05, 0) is 38.0 Å². The summed E-state index contributed by atoms with van der Waals surface area (Å²) in [6.07, 6.45) is 8.81. The highest BCUT2D eigenvalue weighted by Gasteiger charge is 2.23. The van der Waals surface area contributed by atoms with E-state index in [0.717, 1.165) is 60.3 Å². The number of rotatable bonds is 3. The Morgan fingerprint density at radius 3 is 2.83 bits per heavy atom. The van der Waals surface area contributed by atoms with E-state index in [1.807, 2.05) is 12.5 Å². The molecular formula is C17H22N4OS. The molecule has 0 N–H and O–H groups in total. The van der Waals surface area contributed by atoms with E-state index in [-0.39, 0.29) is 0 Å². The van der Waals surface area contributed by atoms with Gasteiger partial charge in [-0.15, -0.1) is 0 Å². The molecule has 2 fully saturated rings. The summed E-state index contributed by atoms with van der Waals surface area (Å²) in [5, 5.41) is 1.91. The van der Waals surface area contributed by atoms with Crippen LogP contribution in [0.2, 0.25) is 0 Å². The lowest BCUT2D eigenvalue weighted by Crippen LogP contribution is -2.31. The fraction of sp³-hybridized carbons (Fsp3) is 0.588. The summed E-state index contributed by atoms with van der Waals surface area (Å²) in [6, 6.07) is 2.16. The predicted octanol–water partition coefficient (Wildman–Crippen LogP) is 3.24. The lowest BCUT2D eigenvalue weighted by atomic mass is 10.0. The van der Waals surface area contributed by atoms with E-state index in [1.165, 1.54) is 19.3 Å². The molecule has 1 atom stereocenters. The van der Waals surface area contributed by atoms with Crippen LogP contribution in [-0.2, 0) is 4.74 Å². The zero-order valence-corrected chi connectivity index (χ0v) is 14.3. The molecule has 0 bridgehead atoms. The van der Waals surface area contributed by atoms with Gasteiger partial charge in [0.2, 0.25) is 0 Å². The third-order valence-electron chi connectivity index (χ3n) is 4.73. The summed E-state index contributed by atoms with van der Waals surface area (Å²) >= 11 is 1.58. The number of aromatic nitrogens is 3. The molecule has 23 heavy (non-hydrogen) atoms. The highest BCUT2D eigenvalue weighted by Crippen LogP contribution is 2.32. The Labute approximate surface area is 140 Å². The van der Waals surface area contributed by atoms with Crippen molar-refractivity contribution in [3.63, 3.8) is 0 Å². The van der Waals surface area contributed by atoms with Gasteiger partial charge < -0.3 is 9.64 Å². The minimum atomic E-state index is 0.406. The number of nitrogens with zero attached hydrogens (tertiary/aromatic N) is 4. The highest BCUT2D eigenvalue weighted by molar-refractivity contribution is 7.98. The third kappa shape index (κ3) is 3.02. The van der Waals surface area contributed by atoms with Gasteiger partial charge in [-0.1, -0.05) is 11.8 Å². The van der Waals surface area contributed by atoms with Gasteiger partial charge in [-0.2, -0.15) is 0 Å². The second-order valence-corrected chi connectivity index (χ2v) is 7.05. The topological polar surface area (TPSA) is 51.1 Å². The Morgan fingerprint density at radius 2 is 2.09 bits per heavy atom. The molecule has 2 aliphatic heterocycles. The van der Waals surface area contributed by atoms with Crippen LogP contribution in [0, 0.1) is 0 Å². The standard InChI is InChI=1S/C17H22N4OS/c1-23-17-18-10-13-9-14(12-5-8-22-11-12)19-16(15(13)20-17)21-6-3-2-4-7-21/h9-10,12H,2-8,11H2,1H3. The number of fused-ring (bicyclic) bond motifs is 1. The van der Waals surface area contributed by atoms with E-state index in [1.54, 1.807) is 11.8 Å². The molecule has 122 valence electrons. The Kier molecular flexibility index (Phi) is 4.35. The summed E-state index contributed by atoms with van der Waals surface area (Å²) in [7, 11) is 0. The maximum atomic E-state index is 5.56. The number of pyridine rings is 1. The lowest BCUT2D eigenvalue weighted by Gasteiger charge is -2.29. The first kappa shape index (κ1) is 15.1. The van der Waals surface area contributed by atoms with Crippen LogP contribution >= 0.6 is 11.8 Å². The molecule has 0 spiro atoms. The molecule has 0 amide bonds. The van der Waals surface area contributed by atoms with E-state index in [0.29, 0.717) is 5.92 Å². The lowest BCUT2D eigenvalue weighted by molar-refractivity contribution is 0.193. The van der Waals surface area contributed by atoms with Gasteiger partial charge in [0.15, 0.2) is 11.0 Å². The SMILES string of the molecule is CSc1ncc2cc(C3CCOC3)nc(N3CCCCC3)c2n1. The van der Waals surface area contributed by atoms with Crippen LogP contribution in [0.5, 0.6) is 0 Å². The second kappa shape index (κ2) is 6.61. The van der Waals surface area contributed by atoms with Crippen LogP contribution < -0.4 is 4.90 Å². The monoisotopic (exact) mass is 330 g/mol. The third-order valence-corrected chi connectivity index (χ3v) is 5.29. The van der Waals surface area contributed by atoms with Crippen LogP contribution in [0.25, 0.3) is 10.9 Å². The number of piperidine rings is 1. The molecule has 0 radical (unpaired) electrons. The van der Waals surface area contributed by atoms with Crippen molar-refractivity contribution in [2.45, 2.75) is 36.8 Å². The number of hydrogen-bond donors (Lipinski definition) is 0. The van der Waals surface area contributed by atoms with Crippen molar-refractivity contribution < 1.29 is 4.74 Å². The zero-order valence-electron chi connectivity index (χ0n) is 13.5. The van der Waals surface area contributed by atoms with Gasteiger partial charge in [0.05, 0.1) is 6.61 Å².